The molecule has 2 aromatic heterocycles. The van der Waals surface area contributed by atoms with E-state index in [1.807, 2.05) is 0 Å². The summed E-state index contributed by atoms with van der Waals surface area (Å²) in [7, 11) is 1.80. The van der Waals surface area contributed by atoms with Crippen molar-refractivity contribution in [2.45, 2.75) is 0 Å². The number of nitrogens with zero attached hydrogens (tertiary/aromatic N) is 4. The monoisotopic (exact) mass is 203 g/mol. The first-order valence-electron chi connectivity index (χ1n) is 4.27. The van der Waals surface area contributed by atoms with Crippen LogP contribution in [0.5, 0.6) is 0 Å². The molecule has 0 aliphatic heterocycles. The Hall–Kier alpha value is -2.24. The molecule has 2 aromatic rings. The van der Waals surface area contributed by atoms with Crippen molar-refractivity contribution in [3.8, 4) is 11.3 Å². The Morgan fingerprint density at radius 2 is 2.20 bits per heavy atom. The number of nitrogens with two attached hydrogens (primary N) is 1. The fourth-order valence-electron chi connectivity index (χ4n) is 1.18. The van der Waals surface area contributed by atoms with Crippen LogP contribution in [0.3, 0.4) is 0 Å². The van der Waals surface area contributed by atoms with E-state index in [0.29, 0.717) is 5.69 Å². The molecule has 6 heteroatoms. The molecule has 0 fully saturated rings. The molecule has 6 nitrogen and oxygen atoms in total. The van der Waals surface area contributed by atoms with Gasteiger partial charge in [0, 0.05) is 18.8 Å². The molecule has 2 heterocycles. The van der Waals surface area contributed by atoms with Gasteiger partial charge in [-0.15, -0.1) is 0 Å². The number of aryl methyl sites for hydroxylation is 1. The topological polar surface area (TPSA) is 86.7 Å². The van der Waals surface area contributed by atoms with E-state index in [9.17, 15) is 4.79 Å². The summed E-state index contributed by atoms with van der Waals surface area (Å²) in [6.07, 6.45) is 6.33. The maximum atomic E-state index is 10.9. The van der Waals surface area contributed by atoms with Gasteiger partial charge in [-0.1, -0.05) is 0 Å². The van der Waals surface area contributed by atoms with Crippen LogP contribution in [0.15, 0.2) is 24.8 Å². The molecule has 0 unspecified atom stereocenters. The Morgan fingerprint density at radius 3 is 2.80 bits per heavy atom. The molecule has 0 spiro atoms. The lowest BCUT2D eigenvalue weighted by Gasteiger charge is -1.97. The van der Waals surface area contributed by atoms with Crippen molar-refractivity contribution in [3.05, 3.63) is 30.5 Å². The smallest absolute Gasteiger partial charge is 0.268 e. The van der Waals surface area contributed by atoms with E-state index in [1.165, 1.54) is 6.20 Å². The third kappa shape index (κ3) is 1.83. The molecule has 0 saturated carbocycles. The summed E-state index contributed by atoms with van der Waals surface area (Å²) in [5.74, 6) is -0.590. The Bertz CT molecular complexity index is 505. The third-order valence-electron chi connectivity index (χ3n) is 1.89. The number of hydrogen-bond acceptors (Lipinski definition) is 4. The van der Waals surface area contributed by atoms with Crippen LogP contribution in [-0.2, 0) is 7.05 Å². The number of carbonyl (C=O) groups is 1. The van der Waals surface area contributed by atoms with Crippen molar-refractivity contribution in [2.24, 2.45) is 12.8 Å². The number of rotatable bonds is 2. The number of hydrogen-bond donors (Lipinski definition) is 1. The third-order valence-corrected chi connectivity index (χ3v) is 1.89. The minimum absolute atomic E-state index is 0.149. The highest BCUT2D eigenvalue weighted by Crippen LogP contribution is 2.14. The molecular formula is C9H9N5O. The number of primary amides is 1. The lowest BCUT2D eigenvalue weighted by Crippen LogP contribution is -2.13. The second-order valence-electron chi connectivity index (χ2n) is 3.06. The molecule has 0 bridgehead atoms. The summed E-state index contributed by atoms with van der Waals surface area (Å²) in [6, 6.07) is 0. The van der Waals surface area contributed by atoms with Crippen molar-refractivity contribution in [1.29, 1.82) is 0 Å². The van der Waals surface area contributed by atoms with E-state index in [2.05, 4.69) is 15.1 Å². The SMILES string of the molecule is Cn1cc(-c2cncc(C(N)=O)n2)cn1. The van der Waals surface area contributed by atoms with Crippen molar-refractivity contribution < 1.29 is 4.79 Å². The van der Waals surface area contributed by atoms with Gasteiger partial charge in [-0.2, -0.15) is 5.10 Å². The summed E-state index contributed by atoms with van der Waals surface area (Å²) in [6.45, 7) is 0. The average Bonchev–Trinajstić information content (AvgIpc) is 2.65. The van der Waals surface area contributed by atoms with E-state index < -0.39 is 5.91 Å². The summed E-state index contributed by atoms with van der Waals surface area (Å²) >= 11 is 0. The fourth-order valence-corrected chi connectivity index (χ4v) is 1.18. The highest BCUT2D eigenvalue weighted by Gasteiger charge is 2.06. The summed E-state index contributed by atoms with van der Waals surface area (Å²) in [5.41, 5.74) is 6.64. The first-order chi connectivity index (χ1) is 7.16. The highest BCUT2D eigenvalue weighted by atomic mass is 16.1. The van der Waals surface area contributed by atoms with Crippen LogP contribution in [-0.4, -0.2) is 25.7 Å². The van der Waals surface area contributed by atoms with E-state index >= 15 is 0 Å². The predicted octanol–water partition coefficient (Wildman–Crippen LogP) is -0.0240. The van der Waals surface area contributed by atoms with Gasteiger partial charge in [0.05, 0.1) is 24.3 Å². The molecule has 0 aliphatic rings. The van der Waals surface area contributed by atoms with Crippen LogP contribution in [0, 0.1) is 0 Å². The highest BCUT2D eigenvalue weighted by molar-refractivity contribution is 5.90. The van der Waals surface area contributed by atoms with Crippen molar-refractivity contribution in [3.63, 3.8) is 0 Å². The van der Waals surface area contributed by atoms with E-state index in [-0.39, 0.29) is 5.69 Å². The van der Waals surface area contributed by atoms with Gasteiger partial charge in [0.25, 0.3) is 5.91 Å². The van der Waals surface area contributed by atoms with Gasteiger partial charge < -0.3 is 5.73 Å². The van der Waals surface area contributed by atoms with Crippen LogP contribution >= 0.6 is 0 Å². The minimum Gasteiger partial charge on any atom is -0.364 e. The lowest BCUT2D eigenvalue weighted by molar-refractivity contribution is 0.0995. The van der Waals surface area contributed by atoms with Gasteiger partial charge in [0.15, 0.2) is 0 Å². The molecule has 2 N–H and O–H groups in total. The molecule has 0 radical (unpaired) electrons. The van der Waals surface area contributed by atoms with Crippen LogP contribution in [0.1, 0.15) is 10.5 Å². The standard InChI is InChI=1S/C9H9N5O/c1-14-5-6(2-12-14)7-3-11-4-8(13-7)9(10)15/h2-5H,1H3,(H2,10,15). The van der Waals surface area contributed by atoms with Gasteiger partial charge in [-0.3, -0.25) is 14.5 Å². The van der Waals surface area contributed by atoms with Crippen molar-refractivity contribution in [2.75, 3.05) is 0 Å². The average molecular weight is 203 g/mol. The second-order valence-corrected chi connectivity index (χ2v) is 3.06. The summed E-state index contributed by atoms with van der Waals surface area (Å²) in [4.78, 5) is 18.8. The molecule has 0 atom stereocenters. The normalized spacial score (nSPS) is 10.2. The maximum Gasteiger partial charge on any atom is 0.268 e. The molecular weight excluding hydrogens is 194 g/mol. The van der Waals surface area contributed by atoms with Crippen LogP contribution in [0.4, 0.5) is 0 Å². The van der Waals surface area contributed by atoms with E-state index in [4.69, 9.17) is 5.73 Å². The van der Waals surface area contributed by atoms with Crippen LogP contribution in [0.25, 0.3) is 11.3 Å². The Kier molecular flexibility index (Phi) is 2.17. The van der Waals surface area contributed by atoms with Gasteiger partial charge in [0.2, 0.25) is 0 Å². The van der Waals surface area contributed by atoms with Gasteiger partial charge in [-0.05, 0) is 0 Å². The zero-order valence-electron chi connectivity index (χ0n) is 8.08. The molecule has 0 saturated heterocycles. The van der Waals surface area contributed by atoms with Crippen LogP contribution < -0.4 is 5.73 Å². The quantitative estimate of drug-likeness (QED) is 0.742. The van der Waals surface area contributed by atoms with Crippen molar-refractivity contribution >= 4 is 5.91 Å². The van der Waals surface area contributed by atoms with Gasteiger partial charge in [0.1, 0.15) is 5.69 Å². The molecule has 2 rings (SSSR count). The zero-order valence-corrected chi connectivity index (χ0v) is 8.08. The Balaban J connectivity index is 2.45. The second kappa shape index (κ2) is 3.49. The van der Waals surface area contributed by atoms with Gasteiger partial charge in [-0.25, -0.2) is 4.98 Å². The molecule has 76 valence electrons. The molecule has 0 aliphatic carbocycles. The largest absolute Gasteiger partial charge is 0.364 e. The summed E-state index contributed by atoms with van der Waals surface area (Å²) < 4.78 is 1.65. The van der Waals surface area contributed by atoms with E-state index in [0.717, 1.165) is 5.56 Å². The Labute approximate surface area is 85.8 Å². The first-order valence-corrected chi connectivity index (χ1v) is 4.27. The number of carbonyl (C=O) groups excluding carboxylic acids is 1. The predicted molar refractivity (Wildman–Crippen MR) is 52.8 cm³/mol. The summed E-state index contributed by atoms with van der Waals surface area (Å²) in [5, 5.41) is 4.00. The maximum absolute atomic E-state index is 10.9. The van der Waals surface area contributed by atoms with Crippen molar-refractivity contribution in [1.82, 2.24) is 19.7 Å². The molecule has 0 aromatic carbocycles. The van der Waals surface area contributed by atoms with E-state index in [1.54, 1.807) is 30.3 Å². The van der Waals surface area contributed by atoms with Crippen LogP contribution in [0.2, 0.25) is 0 Å². The Morgan fingerprint density at radius 1 is 1.40 bits per heavy atom. The molecule has 1 amide bonds. The first kappa shape index (κ1) is 9.32. The fraction of sp³-hybridized carbons (Fsp3) is 0.111. The number of aromatic nitrogens is 4. The van der Waals surface area contributed by atoms with Gasteiger partial charge >= 0.3 is 0 Å². The zero-order chi connectivity index (χ0) is 10.8. The number of amides is 1. The molecule has 15 heavy (non-hydrogen) atoms. The minimum atomic E-state index is -0.590. The lowest BCUT2D eigenvalue weighted by atomic mass is 10.2.